The van der Waals surface area contributed by atoms with Gasteiger partial charge in [0.15, 0.2) is 5.58 Å². The van der Waals surface area contributed by atoms with Crippen molar-refractivity contribution in [2.24, 2.45) is 0 Å². The molecule has 1 N–H and O–H groups in total. The van der Waals surface area contributed by atoms with Crippen LogP contribution in [-0.4, -0.2) is 15.8 Å². The van der Waals surface area contributed by atoms with E-state index in [2.05, 4.69) is 10.3 Å². The van der Waals surface area contributed by atoms with Crippen LogP contribution >= 0.6 is 46.1 Å². The van der Waals surface area contributed by atoms with Crippen LogP contribution in [-0.2, 0) is 0 Å². The number of rotatable bonds is 4. The normalized spacial score (nSPS) is 11.3. The number of fused-ring (bicyclic) bond motifs is 2. The summed E-state index contributed by atoms with van der Waals surface area (Å²) >= 11 is 19.6. The minimum absolute atomic E-state index is 0.101. The second-order valence-corrected chi connectivity index (χ2v) is 9.64. The number of aromatic nitrogens is 1. The second kappa shape index (κ2) is 8.56. The first-order valence-electron chi connectivity index (χ1n) is 9.76. The molecule has 5 rings (SSSR count). The molecule has 0 aliphatic heterocycles. The molecule has 0 saturated carbocycles. The maximum atomic E-state index is 13.1. The Labute approximate surface area is 211 Å². The Kier molecular flexibility index (Phi) is 5.69. The number of non-ortho nitro benzene ring substituents is 1. The summed E-state index contributed by atoms with van der Waals surface area (Å²) in [6, 6.07) is 13.1. The molecule has 0 unspecified atom stereocenters. The van der Waals surface area contributed by atoms with Crippen molar-refractivity contribution in [2.75, 3.05) is 5.32 Å². The predicted molar refractivity (Wildman–Crippen MR) is 136 cm³/mol. The molecule has 0 saturated heterocycles. The molecule has 0 fully saturated rings. The fourth-order valence-electron chi connectivity index (χ4n) is 3.52. The highest BCUT2D eigenvalue weighted by Crippen LogP contribution is 2.41. The zero-order valence-electron chi connectivity index (χ0n) is 17.2. The number of hydrogen-bond donors (Lipinski definition) is 1. The first-order chi connectivity index (χ1) is 16.2. The fourth-order valence-corrected chi connectivity index (χ4v) is 5.53. The number of benzene rings is 3. The molecule has 3 aromatic carbocycles. The van der Waals surface area contributed by atoms with Gasteiger partial charge in [0.1, 0.15) is 15.1 Å². The van der Waals surface area contributed by atoms with Gasteiger partial charge in [0.25, 0.3) is 11.6 Å². The van der Waals surface area contributed by atoms with Crippen LogP contribution in [0.1, 0.15) is 15.2 Å². The number of anilines is 1. The molecule has 2 heterocycles. The highest BCUT2D eigenvalue weighted by atomic mass is 35.5. The quantitative estimate of drug-likeness (QED) is 0.186. The summed E-state index contributed by atoms with van der Waals surface area (Å²) in [5, 5.41) is 15.6. The minimum atomic E-state index is -0.496. The van der Waals surface area contributed by atoms with Gasteiger partial charge in [-0.25, -0.2) is 4.98 Å². The molecule has 170 valence electrons. The summed E-state index contributed by atoms with van der Waals surface area (Å²) in [5.74, 6) is -0.168. The number of carbonyl (C=O) groups excluding carboxylic acids is 1. The second-order valence-electron chi connectivity index (χ2n) is 7.39. The Morgan fingerprint density at radius 3 is 2.71 bits per heavy atom. The van der Waals surface area contributed by atoms with E-state index in [1.165, 1.54) is 12.1 Å². The van der Waals surface area contributed by atoms with Crippen LogP contribution in [0.3, 0.4) is 0 Å². The number of nitrogens with one attached hydrogen (secondary N) is 1. The van der Waals surface area contributed by atoms with Gasteiger partial charge in [0, 0.05) is 27.7 Å². The number of nitro benzene ring substituents is 1. The highest BCUT2D eigenvalue weighted by Gasteiger charge is 2.23. The number of halogens is 3. The maximum Gasteiger partial charge on any atom is 0.287 e. The first kappa shape index (κ1) is 22.6. The number of amides is 1. The predicted octanol–water partition coefficient (Wildman–Crippen LogP) is 8.14. The number of nitrogens with zero attached hydrogens (tertiary/aromatic N) is 2. The van der Waals surface area contributed by atoms with Crippen LogP contribution in [0.5, 0.6) is 0 Å². The van der Waals surface area contributed by atoms with Crippen LogP contribution in [0, 0.1) is 17.0 Å². The minimum Gasteiger partial charge on any atom is -0.435 e. The molecule has 0 radical (unpaired) electrons. The van der Waals surface area contributed by atoms with E-state index in [0.717, 1.165) is 16.9 Å². The molecule has 5 aromatic rings. The van der Waals surface area contributed by atoms with Gasteiger partial charge in [-0.15, -0.1) is 11.3 Å². The largest absolute Gasteiger partial charge is 0.435 e. The zero-order chi connectivity index (χ0) is 24.1. The van der Waals surface area contributed by atoms with E-state index in [0.29, 0.717) is 48.4 Å². The Hall–Kier alpha value is -3.17. The van der Waals surface area contributed by atoms with Crippen molar-refractivity contribution in [3.05, 3.63) is 84.2 Å². The van der Waals surface area contributed by atoms with Gasteiger partial charge in [0.05, 0.1) is 15.0 Å². The number of oxazole rings is 1. The molecule has 7 nitrogen and oxygen atoms in total. The molecule has 34 heavy (non-hydrogen) atoms. The lowest BCUT2D eigenvalue weighted by Gasteiger charge is -2.09. The average molecular weight is 533 g/mol. The van der Waals surface area contributed by atoms with Crippen LogP contribution < -0.4 is 5.32 Å². The lowest BCUT2D eigenvalue weighted by molar-refractivity contribution is -0.382. The maximum absolute atomic E-state index is 13.1. The summed E-state index contributed by atoms with van der Waals surface area (Å²) in [4.78, 5) is 28.6. The van der Waals surface area contributed by atoms with E-state index in [9.17, 15) is 14.9 Å². The van der Waals surface area contributed by atoms with E-state index in [1.807, 2.05) is 13.0 Å². The van der Waals surface area contributed by atoms with Crippen molar-refractivity contribution in [1.82, 2.24) is 4.98 Å². The molecule has 0 aliphatic carbocycles. The molecule has 2 aromatic heterocycles. The number of carbonyl (C=O) groups is 1. The van der Waals surface area contributed by atoms with Gasteiger partial charge in [-0.05, 0) is 36.8 Å². The fraction of sp³-hybridized carbons (Fsp3) is 0.0435. The first-order valence-corrected chi connectivity index (χ1v) is 11.7. The zero-order valence-corrected chi connectivity index (χ0v) is 20.3. The third-order valence-corrected chi connectivity index (χ3v) is 7.41. The smallest absolute Gasteiger partial charge is 0.287 e. The summed E-state index contributed by atoms with van der Waals surface area (Å²) in [6.45, 7) is 1.83. The Morgan fingerprint density at radius 2 is 1.94 bits per heavy atom. The molecule has 0 atom stereocenters. The summed E-state index contributed by atoms with van der Waals surface area (Å²) < 4.78 is 6.16. The Bertz CT molecular complexity index is 1640. The van der Waals surface area contributed by atoms with Crippen molar-refractivity contribution >= 4 is 84.6 Å². The van der Waals surface area contributed by atoms with E-state index < -0.39 is 10.8 Å². The molecule has 0 spiro atoms. The van der Waals surface area contributed by atoms with Crippen molar-refractivity contribution in [1.29, 1.82) is 0 Å². The summed E-state index contributed by atoms with van der Waals surface area (Å²) in [6.07, 6.45) is 0. The number of nitro groups is 1. The molecular formula is C23H12Cl3N3O4S. The number of hydrogen-bond acceptors (Lipinski definition) is 6. The van der Waals surface area contributed by atoms with E-state index in [4.69, 9.17) is 39.2 Å². The van der Waals surface area contributed by atoms with Gasteiger partial charge >= 0.3 is 0 Å². The van der Waals surface area contributed by atoms with Gasteiger partial charge in [0.2, 0.25) is 5.89 Å². The molecule has 0 aliphatic rings. The van der Waals surface area contributed by atoms with Crippen LogP contribution in [0.25, 0.3) is 32.6 Å². The highest BCUT2D eigenvalue weighted by molar-refractivity contribution is 7.22. The Morgan fingerprint density at radius 1 is 1.15 bits per heavy atom. The van der Waals surface area contributed by atoms with Gasteiger partial charge < -0.3 is 9.73 Å². The Balaban J connectivity index is 1.51. The SMILES string of the molecule is Cc1ccc(-c2nc3cc(Cl)cc(Cl)c3o2)cc1NC(=O)c1sc2c([N+](=O)[O-])cccc2c1Cl. The molecule has 11 heteroatoms. The lowest BCUT2D eigenvalue weighted by Crippen LogP contribution is -2.11. The molecular weight excluding hydrogens is 521 g/mol. The number of thiophene rings is 1. The molecule has 0 bridgehead atoms. The topological polar surface area (TPSA) is 98.3 Å². The summed E-state index contributed by atoms with van der Waals surface area (Å²) in [7, 11) is 0. The van der Waals surface area contributed by atoms with Crippen molar-refractivity contribution in [3.8, 4) is 11.5 Å². The van der Waals surface area contributed by atoms with Crippen molar-refractivity contribution in [3.63, 3.8) is 0 Å². The van der Waals surface area contributed by atoms with E-state index in [-0.39, 0.29) is 15.6 Å². The van der Waals surface area contributed by atoms with E-state index in [1.54, 1.807) is 30.3 Å². The van der Waals surface area contributed by atoms with Crippen LogP contribution in [0.2, 0.25) is 15.1 Å². The third-order valence-electron chi connectivity index (χ3n) is 5.18. The van der Waals surface area contributed by atoms with Gasteiger partial charge in [-0.2, -0.15) is 0 Å². The van der Waals surface area contributed by atoms with Gasteiger partial charge in [-0.3, -0.25) is 14.9 Å². The average Bonchev–Trinajstić information content (AvgIpc) is 3.37. The van der Waals surface area contributed by atoms with E-state index >= 15 is 0 Å². The van der Waals surface area contributed by atoms with Gasteiger partial charge in [-0.1, -0.05) is 53.0 Å². The van der Waals surface area contributed by atoms with Crippen LogP contribution in [0.15, 0.2) is 52.9 Å². The lowest BCUT2D eigenvalue weighted by atomic mass is 10.1. The monoisotopic (exact) mass is 531 g/mol. The standard InChI is InChI=1S/C23H12Cl3N3O4S/c1-10-5-6-11(23-28-16-9-12(24)8-14(25)19(16)33-23)7-15(10)27-22(30)21-18(26)13-3-2-4-17(29(31)32)20(13)34-21/h2-9H,1H3,(H,27,30). The number of aryl methyl sites for hydroxylation is 1. The summed E-state index contributed by atoms with van der Waals surface area (Å²) in [5.41, 5.74) is 2.73. The van der Waals surface area contributed by atoms with Crippen LogP contribution in [0.4, 0.5) is 11.4 Å². The van der Waals surface area contributed by atoms with Crippen molar-refractivity contribution in [2.45, 2.75) is 6.92 Å². The molecule has 1 amide bonds. The van der Waals surface area contributed by atoms with Crippen molar-refractivity contribution < 1.29 is 14.1 Å². The third kappa shape index (κ3) is 3.88.